The molecule has 126 valence electrons. The first-order valence-electron chi connectivity index (χ1n) is 10.0. The van der Waals surface area contributed by atoms with Crippen LogP contribution >= 0.6 is 0 Å². The molecule has 0 bridgehead atoms. The molecule has 2 atom stereocenters. The van der Waals surface area contributed by atoms with E-state index in [0.29, 0.717) is 12.2 Å². The van der Waals surface area contributed by atoms with E-state index in [-0.39, 0.29) is 0 Å². The Hall–Kier alpha value is -0.0400. The zero-order valence-electron chi connectivity index (χ0n) is 14.9. The zero-order chi connectivity index (χ0) is 15.2. The predicted molar refractivity (Wildman–Crippen MR) is 93.9 cm³/mol. The average molecular weight is 297 g/mol. The van der Waals surface area contributed by atoms with Gasteiger partial charge in [0.2, 0.25) is 0 Å². The van der Waals surface area contributed by atoms with Crippen LogP contribution in [0, 0.1) is 0 Å². The van der Waals surface area contributed by atoms with Crippen molar-refractivity contribution in [2.45, 2.75) is 129 Å². The molecule has 1 fully saturated rings. The summed E-state index contributed by atoms with van der Waals surface area (Å²) in [4.78, 5) is 0. The SMILES string of the molecule is CCCCCCCCCCCCCCC1OC1CCCC. The van der Waals surface area contributed by atoms with Crippen molar-refractivity contribution in [2.24, 2.45) is 0 Å². The third-order valence-electron chi connectivity index (χ3n) is 4.87. The summed E-state index contributed by atoms with van der Waals surface area (Å²) in [5.74, 6) is 0. The average Bonchev–Trinajstić information content (AvgIpc) is 3.24. The first-order chi connectivity index (χ1) is 10.4. The molecule has 0 aromatic carbocycles. The number of ether oxygens (including phenoxy) is 1. The Balaban J connectivity index is 1.68. The van der Waals surface area contributed by atoms with Crippen molar-refractivity contribution in [2.75, 3.05) is 0 Å². The Morgan fingerprint density at radius 2 is 0.857 bits per heavy atom. The molecule has 0 radical (unpaired) electrons. The quantitative estimate of drug-likeness (QED) is 0.220. The van der Waals surface area contributed by atoms with Crippen molar-refractivity contribution in [1.82, 2.24) is 0 Å². The summed E-state index contributed by atoms with van der Waals surface area (Å²) in [5, 5.41) is 0. The van der Waals surface area contributed by atoms with Crippen LogP contribution in [0.3, 0.4) is 0 Å². The highest BCUT2D eigenvalue weighted by Gasteiger charge is 2.36. The molecular weight excluding hydrogens is 256 g/mol. The third-order valence-corrected chi connectivity index (χ3v) is 4.87. The van der Waals surface area contributed by atoms with Crippen LogP contribution < -0.4 is 0 Å². The monoisotopic (exact) mass is 296 g/mol. The second-order valence-corrected chi connectivity index (χ2v) is 7.03. The van der Waals surface area contributed by atoms with Crippen LogP contribution in [-0.2, 0) is 4.74 Å². The predicted octanol–water partition coefficient (Wildman–Crippen LogP) is 7.04. The maximum Gasteiger partial charge on any atom is 0.0841 e. The lowest BCUT2D eigenvalue weighted by atomic mass is 10.0. The van der Waals surface area contributed by atoms with E-state index in [9.17, 15) is 0 Å². The van der Waals surface area contributed by atoms with E-state index in [1.807, 2.05) is 0 Å². The lowest BCUT2D eigenvalue weighted by Gasteiger charge is -2.02. The lowest BCUT2D eigenvalue weighted by Crippen LogP contribution is -1.94. The van der Waals surface area contributed by atoms with E-state index in [2.05, 4.69) is 13.8 Å². The molecule has 1 nitrogen and oxygen atoms in total. The topological polar surface area (TPSA) is 12.5 Å². The Bertz CT molecular complexity index is 214. The molecule has 0 saturated carbocycles. The Morgan fingerprint density at radius 3 is 1.33 bits per heavy atom. The summed E-state index contributed by atoms with van der Waals surface area (Å²) in [6, 6.07) is 0. The summed E-state index contributed by atoms with van der Waals surface area (Å²) < 4.78 is 5.72. The van der Waals surface area contributed by atoms with Gasteiger partial charge < -0.3 is 4.74 Å². The molecule has 1 heteroatoms. The van der Waals surface area contributed by atoms with Gasteiger partial charge in [0, 0.05) is 0 Å². The van der Waals surface area contributed by atoms with Crippen LogP contribution in [-0.4, -0.2) is 12.2 Å². The molecule has 0 aromatic rings. The van der Waals surface area contributed by atoms with Crippen LogP contribution in [0.15, 0.2) is 0 Å². The smallest absolute Gasteiger partial charge is 0.0841 e. The maximum atomic E-state index is 5.72. The van der Waals surface area contributed by atoms with Crippen molar-refractivity contribution in [3.63, 3.8) is 0 Å². The molecule has 2 unspecified atom stereocenters. The second kappa shape index (κ2) is 13.6. The van der Waals surface area contributed by atoms with Gasteiger partial charge in [-0.15, -0.1) is 0 Å². The molecular formula is C20H40O. The zero-order valence-corrected chi connectivity index (χ0v) is 14.9. The van der Waals surface area contributed by atoms with Crippen LogP contribution in [0.5, 0.6) is 0 Å². The number of epoxide rings is 1. The molecule has 0 aromatic heterocycles. The second-order valence-electron chi connectivity index (χ2n) is 7.03. The first-order valence-corrected chi connectivity index (χ1v) is 10.0. The number of hydrogen-bond donors (Lipinski definition) is 0. The Labute approximate surface area is 134 Å². The van der Waals surface area contributed by atoms with Crippen molar-refractivity contribution < 1.29 is 4.74 Å². The molecule has 0 spiro atoms. The minimum atomic E-state index is 0.637. The van der Waals surface area contributed by atoms with Gasteiger partial charge in [-0.3, -0.25) is 0 Å². The van der Waals surface area contributed by atoms with Gasteiger partial charge >= 0.3 is 0 Å². The van der Waals surface area contributed by atoms with Gasteiger partial charge in [-0.05, 0) is 12.8 Å². The van der Waals surface area contributed by atoms with E-state index in [0.717, 1.165) is 0 Å². The summed E-state index contributed by atoms with van der Waals surface area (Å²) in [6.07, 6.45) is 23.9. The van der Waals surface area contributed by atoms with E-state index in [4.69, 9.17) is 4.74 Å². The maximum absolute atomic E-state index is 5.72. The van der Waals surface area contributed by atoms with Crippen LogP contribution in [0.2, 0.25) is 0 Å². The standard InChI is InChI=1S/C20H40O/c1-3-5-7-8-9-10-11-12-13-14-15-16-18-20-19(21-20)17-6-4-2/h19-20H,3-18H2,1-2H3. The van der Waals surface area contributed by atoms with E-state index in [1.165, 1.54) is 103 Å². The van der Waals surface area contributed by atoms with Gasteiger partial charge in [0.25, 0.3) is 0 Å². The third kappa shape index (κ3) is 11.2. The normalized spacial score (nSPS) is 20.9. The van der Waals surface area contributed by atoms with E-state index < -0.39 is 0 Å². The fourth-order valence-corrected chi connectivity index (χ4v) is 3.28. The highest BCUT2D eigenvalue weighted by Crippen LogP contribution is 2.31. The van der Waals surface area contributed by atoms with Crippen LogP contribution in [0.25, 0.3) is 0 Å². The van der Waals surface area contributed by atoms with Gasteiger partial charge in [-0.2, -0.15) is 0 Å². The molecule has 1 aliphatic heterocycles. The first kappa shape index (κ1) is 19.0. The summed E-state index contributed by atoms with van der Waals surface area (Å²) >= 11 is 0. The molecule has 1 saturated heterocycles. The van der Waals surface area contributed by atoms with Crippen molar-refractivity contribution >= 4 is 0 Å². The van der Waals surface area contributed by atoms with Gasteiger partial charge in [0.05, 0.1) is 12.2 Å². The molecule has 1 heterocycles. The molecule has 21 heavy (non-hydrogen) atoms. The highest BCUT2D eigenvalue weighted by molar-refractivity contribution is 4.84. The summed E-state index contributed by atoms with van der Waals surface area (Å²) in [7, 11) is 0. The van der Waals surface area contributed by atoms with Gasteiger partial charge in [-0.25, -0.2) is 0 Å². The Morgan fingerprint density at radius 1 is 0.476 bits per heavy atom. The van der Waals surface area contributed by atoms with Crippen LogP contribution in [0.4, 0.5) is 0 Å². The number of hydrogen-bond acceptors (Lipinski definition) is 1. The number of unbranched alkanes of at least 4 members (excludes halogenated alkanes) is 12. The fraction of sp³-hybridized carbons (Fsp3) is 1.00. The van der Waals surface area contributed by atoms with E-state index >= 15 is 0 Å². The van der Waals surface area contributed by atoms with Crippen LogP contribution in [0.1, 0.15) is 117 Å². The summed E-state index contributed by atoms with van der Waals surface area (Å²) in [6.45, 7) is 4.56. The van der Waals surface area contributed by atoms with Crippen molar-refractivity contribution in [3.8, 4) is 0 Å². The van der Waals surface area contributed by atoms with Gasteiger partial charge in [0.15, 0.2) is 0 Å². The minimum Gasteiger partial charge on any atom is -0.370 e. The highest BCUT2D eigenvalue weighted by atomic mass is 16.6. The molecule has 0 aliphatic carbocycles. The fourth-order valence-electron chi connectivity index (χ4n) is 3.28. The van der Waals surface area contributed by atoms with Crippen molar-refractivity contribution in [1.29, 1.82) is 0 Å². The van der Waals surface area contributed by atoms with Gasteiger partial charge in [-0.1, -0.05) is 104 Å². The minimum absolute atomic E-state index is 0.637. The molecule has 0 N–H and O–H groups in total. The van der Waals surface area contributed by atoms with E-state index in [1.54, 1.807) is 0 Å². The van der Waals surface area contributed by atoms with Gasteiger partial charge in [0.1, 0.15) is 0 Å². The largest absolute Gasteiger partial charge is 0.370 e. The molecule has 1 rings (SSSR count). The van der Waals surface area contributed by atoms with Crippen molar-refractivity contribution in [3.05, 3.63) is 0 Å². The Kier molecular flexibility index (Phi) is 12.3. The molecule has 1 aliphatic rings. The number of rotatable bonds is 16. The lowest BCUT2D eigenvalue weighted by molar-refractivity contribution is 0.349. The molecule has 0 amide bonds. The summed E-state index contributed by atoms with van der Waals surface area (Å²) in [5.41, 5.74) is 0.